The molecule has 1 heterocycles. The van der Waals surface area contributed by atoms with Gasteiger partial charge in [0.15, 0.2) is 5.84 Å². The molecule has 98 valence electrons. The van der Waals surface area contributed by atoms with Crippen LogP contribution in [0.25, 0.3) is 0 Å². The maximum Gasteiger partial charge on any atom is 0.312 e. The number of nitrogens with two attached hydrogens (primary N) is 1. The predicted octanol–water partition coefficient (Wildman–Crippen LogP) is 0.143. The van der Waals surface area contributed by atoms with Crippen LogP contribution in [0, 0.1) is 10.1 Å². The van der Waals surface area contributed by atoms with Gasteiger partial charge in [-0.05, 0) is 0 Å². The first-order valence-corrected chi connectivity index (χ1v) is 4.95. The van der Waals surface area contributed by atoms with E-state index in [1.165, 1.54) is 19.4 Å². The molecule has 1 aromatic heterocycles. The van der Waals surface area contributed by atoms with E-state index < -0.39 is 4.92 Å². The van der Waals surface area contributed by atoms with Crippen LogP contribution < -0.4 is 11.1 Å². The van der Waals surface area contributed by atoms with Gasteiger partial charge in [-0.25, -0.2) is 4.98 Å². The fourth-order valence-electron chi connectivity index (χ4n) is 1.20. The molecule has 18 heavy (non-hydrogen) atoms. The standard InChI is InChI=1S/C9H13N5O4/c1-18-3-2-11-9-7(14(16)17)4-6(5-12-9)8(10)13-15/h4-5,15H,2-3H2,1H3,(H2,10,13)(H,11,12). The smallest absolute Gasteiger partial charge is 0.312 e. The van der Waals surface area contributed by atoms with Crippen molar-refractivity contribution in [2.75, 3.05) is 25.6 Å². The van der Waals surface area contributed by atoms with Crippen LogP contribution in [0.5, 0.6) is 0 Å². The monoisotopic (exact) mass is 255 g/mol. The van der Waals surface area contributed by atoms with Crippen LogP contribution in [0.1, 0.15) is 5.56 Å². The zero-order chi connectivity index (χ0) is 13.5. The molecule has 0 aliphatic carbocycles. The third kappa shape index (κ3) is 3.28. The summed E-state index contributed by atoms with van der Waals surface area (Å²) in [6, 6.07) is 1.18. The van der Waals surface area contributed by atoms with Gasteiger partial charge in [-0.1, -0.05) is 5.16 Å². The van der Waals surface area contributed by atoms with E-state index in [4.69, 9.17) is 15.7 Å². The number of hydrogen-bond donors (Lipinski definition) is 3. The Morgan fingerprint density at radius 3 is 3.06 bits per heavy atom. The van der Waals surface area contributed by atoms with E-state index >= 15 is 0 Å². The van der Waals surface area contributed by atoms with Gasteiger partial charge in [0.1, 0.15) is 0 Å². The summed E-state index contributed by atoms with van der Waals surface area (Å²) < 4.78 is 4.81. The van der Waals surface area contributed by atoms with Gasteiger partial charge in [0.25, 0.3) is 0 Å². The minimum atomic E-state index is -0.601. The molecule has 0 unspecified atom stereocenters. The summed E-state index contributed by atoms with van der Waals surface area (Å²) in [4.78, 5) is 14.1. The average Bonchev–Trinajstić information content (AvgIpc) is 2.38. The van der Waals surface area contributed by atoms with E-state index in [-0.39, 0.29) is 22.9 Å². The van der Waals surface area contributed by atoms with E-state index in [9.17, 15) is 10.1 Å². The predicted molar refractivity (Wildman–Crippen MR) is 63.8 cm³/mol. The minimum absolute atomic E-state index is 0.103. The number of nitro groups is 1. The molecule has 0 atom stereocenters. The van der Waals surface area contributed by atoms with Crippen molar-refractivity contribution >= 4 is 17.3 Å². The van der Waals surface area contributed by atoms with Crippen LogP contribution in [-0.2, 0) is 4.74 Å². The Kier molecular flexibility index (Phi) is 4.81. The second-order valence-electron chi connectivity index (χ2n) is 3.25. The fraction of sp³-hybridized carbons (Fsp3) is 0.333. The number of aromatic nitrogens is 1. The molecule has 0 saturated carbocycles. The van der Waals surface area contributed by atoms with Gasteiger partial charge >= 0.3 is 5.69 Å². The Morgan fingerprint density at radius 2 is 2.50 bits per heavy atom. The molecule has 9 nitrogen and oxygen atoms in total. The van der Waals surface area contributed by atoms with E-state index in [0.717, 1.165) is 0 Å². The highest BCUT2D eigenvalue weighted by Crippen LogP contribution is 2.22. The normalized spacial score (nSPS) is 11.3. The van der Waals surface area contributed by atoms with Crippen molar-refractivity contribution in [2.24, 2.45) is 10.9 Å². The van der Waals surface area contributed by atoms with Crippen molar-refractivity contribution in [1.29, 1.82) is 0 Å². The molecule has 0 saturated heterocycles. The molecule has 0 spiro atoms. The SMILES string of the molecule is COCCNc1ncc(C(N)=NO)cc1[N+](=O)[O-]. The van der Waals surface area contributed by atoms with Gasteiger partial charge in [-0.15, -0.1) is 0 Å². The lowest BCUT2D eigenvalue weighted by atomic mass is 10.2. The summed E-state index contributed by atoms with van der Waals surface area (Å²) in [5.41, 5.74) is 5.25. The summed E-state index contributed by atoms with van der Waals surface area (Å²) in [5, 5.41) is 24.9. The first-order chi connectivity index (χ1) is 8.60. The summed E-state index contributed by atoms with van der Waals surface area (Å²) in [5.74, 6) is -0.138. The molecule has 0 amide bonds. The fourth-order valence-corrected chi connectivity index (χ4v) is 1.20. The van der Waals surface area contributed by atoms with Crippen LogP contribution in [0.4, 0.5) is 11.5 Å². The maximum atomic E-state index is 10.9. The minimum Gasteiger partial charge on any atom is -0.409 e. The lowest BCUT2D eigenvalue weighted by Gasteiger charge is -2.06. The molecule has 0 bridgehead atoms. The highest BCUT2D eigenvalue weighted by molar-refractivity contribution is 5.97. The topological polar surface area (TPSA) is 136 Å². The molecular weight excluding hydrogens is 242 g/mol. The van der Waals surface area contributed by atoms with Crippen molar-refractivity contribution in [1.82, 2.24) is 4.98 Å². The number of hydrogen-bond acceptors (Lipinski definition) is 7. The highest BCUT2D eigenvalue weighted by atomic mass is 16.6. The van der Waals surface area contributed by atoms with E-state index in [1.807, 2.05) is 0 Å². The number of ether oxygens (including phenoxy) is 1. The summed E-state index contributed by atoms with van der Waals surface area (Å²) in [6.45, 7) is 0.772. The first kappa shape index (κ1) is 13.6. The van der Waals surface area contributed by atoms with Crippen molar-refractivity contribution in [3.63, 3.8) is 0 Å². The lowest BCUT2D eigenvalue weighted by Crippen LogP contribution is -2.15. The van der Waals surface area contributed by atoms with E-state index in [1.54, 1.807) is 0 Å². The van der Waals surface area contributed by atoms with Gasteiger partial charge in [0, 0.05) is 31.5 Å². The number of oxime groups is 1. The number of nitrogens with zero attached hydrogens (tertiary/aromatic N) is 3. The molecule has 0 radical (unpaired) electrons. The van der Waals surface area contributed by atoms with Crippen LogP contribution in [0.3, 0.4) is 0 Å². The van der Waals surface area contributed by atoms with Gasteiger partial charge in [0.2, 0.25) is 5.82 Å². The Labute approximate surface area is 102 Å². The average molecular weight is 255 g/mol. The van der Waals surface area contributed by atoms with E-state index in [2.05, 4.69) is 15.5 Å². The van der Waals surface area contributed by atoms with Crippen molar-refractivity contribution < 1.29 is 14.9 Å². The Bertz CT molecular complexity index is 462. The second-order valence-corrected chi connectivity index (χ2v) is 3.25. The van der Waals surface area contributed by atoms with Crippen LogP contribution >= 0.6 is 0 Å². The third-order valence-corrected chi connectivity index (χ3v) is 2.07. The van der Waals surface area contributed by atoms with Crippen LogP contribution in [0.15, 0.2) is 17.4 Å². The van der Waals surface area contributed by atoms with Crippen LogP contribution in [0.2, 0.25) is 0 Å². The number of nitrogens with one attached hydrogen (secondary N) is 1. The molecule has 1 aromatic rings. The van der Waals surface area contributed by atoms with E-state index in [0.29, 0.717) is 13.2 Å². The molecule has 0 aliphatic heterocycles. The molecule has 4 N–H and O–H groups in total. The number of anilines is 1. The lowest BCUT2D eigenvalue weighted by molar-refractivity contribution is -0.384. The van der Waals surface area contributed by atoms with Crippen molar-refractivity contribution in [3.05, 3.63) is 27.9 Å². The highest BCUT2D eigenvalue weighted by Gasteiger charge is 2.17. The number of methoxy groups -OCH3 is 1. The molecule has 9 heteroatoms. The summed E-state index contributed by atoms with van der Waals surface area (Å²) >= 11 is 0. The van der Waals surface area contributed by atoms with Crippen molar-refractivity contribution in [2.45, 2.75) is 0 Å². The first-order valence-electron chi connectivity index (χ1n) is 4.95. The Morgan fingerprint density at radius 1 is 1.78 bits per heavy atom. The number of rotatable bonds is 6. The maximum absolute atomic E-state index is 10.9. The molecular formula is C9H13N5O4. The molecule has 1 rings (SSSR count). The Balaban J connectivity index is 3.01. The Hall–Kier alpha value is -2.42. The van der Waals surface area contributed by atoms with Gasteiger partial charge in [-0.2, -0.15) is 0 Å². The largest absolute Gasteiger partial charge is 0.409 e. The van der Waals surface area contributed by atoms with Gasteiger partial charge in [-0.3, -0.25) is 10.1 Å². The third-order valence-electron chi connectivity index (χ3n) is 2.07. The van der Waals surface area contributed by atoms with Crippen LogP contribution in [-0.4, -0.2) is 41.2 Å². The number of pyridine rings is 1. The zero-order valence-electron chi connectivity index (χ0n) is 9.66. The molecule has 0 fully saturated rings. The van der Waals surface area contributed by atoms with Gasteiger partial charge < -0.3 is 21.0 Å². The van der Waals surface area contributed by atoms with Gasteiger partial charge in [0.05, 0.1) is 11.5 Å². The summed E-state index contributed by atoms with van der Waals surface area (Å²) in [6.07, 6.45) is 1.27. The quantitative estimate of drug-likeness (QED) is 0.164. The second kappa shape index (κ2) is 6.35. The zero-order valence-corrected chi connectivity index (χ0v) is 9.66. The molecule has 0 aliphatic rings. The van der Waals surface area contributed by atoms with Crippen molar-refractivity contribution in [3.8, 4) is 0 Å². The summed E-state index contributed by atoms with van der Waals surface area (Å²) in [7, 11) is 1.52. The molecule has 0 aromatic carbocycles. The number of amidine groups is 1.